The SMILES string of the molecule is CCOC1(C(=O)NC2CCn3ccnc32)CCCC1. The van der Waals surface area contributed by atoms with E-state index >= 15 is 0 Å². The molecule has 1 aliphatic heterocycles. The van der Waals surface area contributed by atoms with Crippen molar-refractivity contribution in [1.82, 2.24) is 14.9 Å². The van der Waals surface area contributed by atoms with Gasteiger partial charge in [0.1, 0.15) is 11.4 Å². The minimum absolute atomic E-state index is 0.0421. The monoisotopic (exact) mass is 263 g/mol. The Balaban J connectivity index is 1.71. The number of nitrogens with one attached hydrogen (secondary N) is 1. The number of carbonyl (C=O) groups is 1. The summed E-state index contributed by atoms with van der Waals surface area (Å²) in [4.78, 5) is 16.9. The molecule has 5 heteroatoms. The first-order chi connectivity index (χ1) is 9.25. The zero-order valence-corrected chi connectivity index (χ0v) is 11.4. The van der Waals surface area contributed by atoms with Crippen LogP contribution in [-0.2, 0) is 16.1 Å². The van der Waals surface area contributed by atoms with Crippen molar-refractivity contribution < 1.29 is 9.53 Å². The van der Waals surface area contributed by atoms with Crippen LogP contribution >= 0.6 is 0 Å². The van der Waals surface area contributed by atoms with E-state index in [2.05, 4.69) is 14.9 Å². The summed E-state index contributed by atoms with van der Waals surface area (Å²) in [6, 6.07) is 0.0421. The molecule has 0 aromatic carbocycles. The van der Waals surface area contributed by atoms with Crippen LogP contribution in [0.25, 0.3) is 0 Å². The fraction of sp³-hybridized carbons (Fsp3) is 0.714. The van der Waals surface area contributed by atoms with E-state index in [0.29, 0.717) is 6.61 Å². The Hall–Kier alpha value is -1.36. The third-order valence-electron chi connectivity index (χ3n) is 4.27. The van der Waals surface area contributed by atoms with Crippen LogP contribution in [0, 0.1) is 0 Å². The molecule has 2 aliphatic rings. The lowest BCUT2D eigenvalue weighted by atomic mass is 10.00. The first-order valence-electron chi connectivity index (χ1n) is 7.21. The molecule has 1 saturated carbocycles. The summed E-state index contributed by atoms with van der Waals surface area (Å²) in [5.41, 5.74) is -0.589. The highest BCUT2D eigenvalue weighted by atomic mass is 16.5. The Morgan fingerprint density at radius 3 is 3.11 bits per heavy atom. The van der Waals surface area contributed by atoms with E-state index in [4.69, 9.17) is 4.74 Å². The number of imidazole rings is 1. The van der Waals surface area contributed by atoms with Crippen LogP contribution in [0.1, 0.15) is 50.9 Å². The van der Waals surface area contributed by atoms with Gasteiger partial charge in [0, 0.05) is 25.5 Å². The van der Waals surface area contributed by atoms with Crippen LogP contribution in [0.5, 0.6) is 0 Å². The standard InChI is InChI=1S/C14H21N3O2/c1-2-19-14(6-3-4-7-14)13(18)16-11-5-9-17-10-8-15-12(11)17/h8,10-11H,2-7,9H2,1H3,(H,16,18). The van der Waals surface area contributed by atoms with Gasteiger partial charge in [-0.25, -0.2) is 4.98 Å². The molecular formula is C14H21N3O2. The first kappa shape index (κ1) is 12.7. The van der Waals surface area contributed by atoms with Gasteiger partial charge in [-0.2, -0.15) is 0 Å². The van der Waals surface area contributed by atoms with E-state index in [1.807, 2.05) is 13.1 Å². The summed E-state index contributed by atoms with van der Waals surface area (Å²) in [6.45, 7) is 3.48. The molecule has 5 nitrogen and oxygen atoms in total. The van der Waals surface area contributed by atoms with Crippen molar-refractivity contribution in [2.75, 3.05) is 6.61 Å². The van der Waals surface area contributed by atoms with Gasteiger partial charge >= 0.3 is 0 Å². The van der Waals surface area contributed by atoms with Gasteiger partial charge in [-0.05, 0) is 39.0 Å². The number of carbonyl (C=O) groups excluding carboxylic acids is 1. The molecular weight excluding hydrogens is 242 g/mol. The summed E-state index contributed by atoms with van der Waals surface area (Å²) in [5, 5.41) is 3.14. The van der Waals surface area contributed by atoms with Crippen LogP contribution in [0.3, 0.4) is 0 Å². The van der Waals surface area contributed by atoms with Crippen LogP contribution in [0.15, 0.2) is 12.4 Å². The Morgan fingerprint density at radius 1 is 1.58 bits per heavy atom. The number of rotatable bonds is 4. The molecule has 3 rings (SSSR count). The summed E-state index contributed by atoms with van der Waals surface area (Å²) >= 11 is 0. The number of aryl methyl sites for hydroxylation is 1. The molecule has 1 unspecified atom stereocenters. The van der Waals surface area contributed by atoms with E-state index in [1.54, 1.807) is 6.20 Å². The predicted molar refractivity (Wildman–Crippen MR) is 70.6 cm³/mol. The number of aromatic nitrogens is 2. The lowest BCUT2D eigenvalue weighted by Gasteiger charge is -2.28. The van der Waals surface area contributed by atoms with Gasteiger partial charge in [-0.1, -0.05) is 0 Å². The number of amides is 1. The van der Waals surface area contributed by atoms with Crippen LogP contribution in [0.4, 0.5) is 0 Å². The van der Waals surface area contributed by atoms with Crippen LogP contribution in [0.2, 0.25) is 0 Å². The number of nitrogens with zero attached hydrogens (tertiary/aromatic N) is 2. The van der Waals surface area contributed by atoms with Crippen molar-refractivity contribution in [1.29, 1.82) is 0 Å². The normalized spacial score (nSPS) is 24.4. The lowest BCUT2D eigenvalue weighted by Crippen LogP contribution is -2.48. The number of fused-ring (bicyclic) bond motifs is 1. The quantitative estimate of drug-likeness (QED) is 0.901. The molecule has 0 saturated heterocycles. The molecule has 1 atom stereocenters. The molecule has 1 N–H and O–H groups in total. The van der Waals surface area contributed by atoms with Crippen LogP contribution < -0.4 is 5.32 Å². The van der Waals surface area contributed by atoms with Gasteiger partial charge in [-0.3, -0.25) is 4.79 Å². The summed E-state index contributed by atoms with van der Waals surface area (Å²) in [5.74, 6) is 1.02. The molecule has 0 radical (unpaired) electrons. The molecule has 1 aliphatic carbocycles. The minimum atomic E-state index is -0.589. The van der Waals surface area contributed by atoms with Gasteiger partial charge < -0.3 is 14.6 Å². The molecule has 2 heterocycles. The largest absolute Gasteiger partial charge is 0.365 e. The first-order valence-corrected chi connectivity index (χ1v) is 7.21. The van der Waals surface area contributed by atoms with Gasteiger partial charge in [0.05, 0.1) is 6.04 Å². The maximum absolute atomic E-state index is 12.6. The molecule has 19 heavy (non-hydrogen) atoms. The van der Waals surface area contributed by atoms with Crippen molar-refractivity contribution in [3.8, 4) is 0 Å². The van der Waals surface area contributed by atoms with Gasteiger partial charge in [-0.15, -0.1) is 0 Å². The smallest absolute Gasteiger partial charge is 0.252 e. The predicted octanol–water partition coefficient (Wildman–Crippen LogP) is 1.79. The molecule has 1 amide bonds. The minimum Gasteiger partial charge on any atom is -0.365 e. The molecule has 1 aromatic rings. The third-order valence-corrected chi connectivity index (χ3v) is 4.27. The number of hydrogen-bond acceptors (Lipinski definition) is 3. The Bertz CT molecular complexity index is 463. The number of ether oxygens (including phenoxy) is 1. The van der Waals surface area contributed by atoms with Gasteiger partial charge in [0.25, 0.3) is 5.91 Å². The lowest BCUT2D eigenvalue weighted by molar-refractivity contribution is -0.146. The highest BCUT2D eigenvalue weighted by Gasteiger charge is 2.43. The highest BCUT2D eigenvalue weighted by molar-refractivity contribution is 5.85. The van der Waals surface area contributed by atoms with E-state index < -0.39 is 5.60 Å². The third kappa shape index (κ3) is 2.16. The van der Waals surface area contributed by atoms with E-state index in [0.717, 1.165) is 44.5 Å². The Morgan fingerprint density at radius 2 is 2.37 bits per heavy atom. The van der Waals surface area contributed by atoms with E-state index in [-0.39, 0.29) is 11.9 Å². The molecule has 0 bridgehead atoms. The average Bonchev–Trinajstić information content (AvgIpc) is 3.07. The second kappa shape index (κ2) is 4.96. The van der Waals surface area contributed by atoms with Crippen molar-refractivity contribution in [2.45, 2.75) is 57.2 Å². The summed E-state index contributed by atoms with van der Waals surface area (Å²) < 4.78 is 7.90. The second-order valence-electron chi connectivity index (χ2n) is 5.43. The molecule has 104 valence electrons. The molecule has 0 spiro atoms. The summed E-state index contributed by atoms with van der Waals surface area (Å²) in [6.07, 6.45) is 8.52. The molecule has 1 aromatic heterocycles. The van der Waals surface area contributed by atoms with Crippen molar-refractivity contribution in [3.63, 3.8) is 0 Å². The van der Waals surface area contributed by atoms with Crippen molar-refractivity contribution >= 4 is 5.91 Å². The molecule has 1 fully saturated rings. The van der Waals surface area contributed by atoms with Crippen molar-refractivity contribution in [3.05, 3.63) is 18.2 Å². The van der Waals surface area contributed by atoms with Crippen LogP contribution in [-0.4, -0.2) is 27.7 Å². The average molecular weight is 263 g/mol. The highest BCUT2D eigenvalue weighted by Crippen LogP contribution is 2.35. The summed E-state index contributed by atoms with van der Waals surface area (Å²) in [7, 11) is 0. The number of hydrogen-bond donors (Lipinski definition) is 1. The van der Waals surface area contributed by atoms with Gasteiger partial charge in [0.15, 0.2) is 0 Å². The second-order valence-corrected chi connectivity index (χ2v) is 5.43. The van der Waals surface area contributed by atoms with Crippen molar-refractivity contribution in [2.24, 2.45) is 0 Å². The van der Waals surface area contributed by atoms with Gasteiger partial charge in [0.2, 0.25) is 0 Å². The maximum atomic E-state index is 12.6. The Kier molecular flexibility index (Phi) is 3.31. The van der Waals surface area contributed by atoms with E-state index in [9.17, 15) is 4.79 Å². The fourth-order valence-electron chi connectivity index (χ4n) is 3.30. The fourth-order valence-corrected chi connectivity index (χ4v) is 3.30. The maximum Gasteiger partial charge on any atom is 0.252 e. The zero-order chi connectivity index (χ0) is 13.3. The topological polar surface area (TPSA) is 56.1 Å². The Labute approximate surface area is 113 Å². The zero-order valence-electron chi connectivity index (χ0n) is 11.4. The van der Waals surface area contributed by atoms with E-state index in [1.165, 1.54) is 0 Å².